The summed E-state index contributed by atoms with van der Waals surface area (Å²) in [6, 6.07) is 0.700. The van der Waals surface area contributed by atoms with E-state index in [1.54, 1.807) is 0 Å². The van der Waals surface area contributed by atoms with Gasteiger partial charge in [0.2, 0.25) is 5.91 Å². The lowest BCUT2D eigenvalue weighted by molar-refractivity contribution is -0.122. The van der Waals surface area contributed by atoms with E-state index in [4.69, 9.17) is 0 Å². The zero-order chi connectivity index (χ0) is 14.2. The molecule has 0 bridgehead atoms. The van der Waals surface area contributed by atoms with Gasteiger partial charge in [-0.25, -0.2) is 0 Å². The van der Waals surface area contributed by atoms with Gasteiger partial charge in [-0.2, -0.15) is 11.8 Å². The van der Waals surface area contributed by atoms with Gasteiger partial charge in [0.15, 0.2) is 0 Å². The lowest BCUT2D eigenvalue weighted by atomic mass is 9.85. The van der Waals surface area contributed by atoms with Gasteiger partial charge in [0.1, 0.15) is 0 Å². The van der Waals surface area contributed by atoms with Gasteiger partial charge < -0.3 is 10.6 Å². The summed E-state index contributed by atoms with van der Waals surface area (Å²) in [6.45, 7) is 0.853. The van der Waals surface area contributed by atoms with Gasteiger partial charge in [-0.3, -0.25) is 4.79 Å². The molecule has 3 nitrogen and oxygen atoms in total. The minimum Gasteiger partial charge on any atom is -0.355 e. The van der Waals surface area contributed by atoms with Gasteiger partial charge in [-0.15, -0.1) is 0 Å². The second kappa shape index (κ2) is 8.93. The van der Waals surface area contributed by atoms with E-state index >= 15 is 0 Å². The highest BCUT2D eigenvalue weighted by Gasteiger charge is 2.37. The second-order valence-electron chi connectivity index (χ2n) is 6.30. The first kappa shape index (κ1) is 16.2. The molecule has 2 aliphatic rings. The Morgan fingerprint density at radius 3 is 2.80 bits per heavy atom. The van der Waals surface area contributed by atoms with Crippen molar-refractivity contribution in [2.75, 3.05) is 18.6 Å². The molecule has 1 heterocycles. The summed E-state index contributed by atoms with van der Waals surface area (Å²) in [7, 11) is 0. The number of carbonyl (C=O) groups is 1. The zero-order valence-corrected chi connectivity index (χ0v) is 13.6. The largest absolute Gasteiger partial charge is 0.355 e. The summed E-state index contributed by atoms with van der Waals surface area (Å²) in [4.78, 5) is 12.1. The molecular weight excluding hydrogens is 268 g/mol. The van der Waals surface area contributed by atoms with E-state index in [2.05, 4.69) is 16.9 Å². The van der Waals surface area contributed by atoms with Crippen molar-refractivity contribution < 1.29 is 4.79 Å². The Balaban J connectivity index is 1.54. The Morgan fingerprint density at radius 1 is 1.20 bits per heavy atom. The Kier molecular flexibility index (Phi) is 7.22. The van der Waals surface area contributed by atoms with Gasteiger partial charge >= 0.3 is 0 Å². The summed E-state index contributed by atoms with van der Waals surface area (Å²) in [6.07, 6.45) is 13.5. The van der Waals surface area contributed by atoms with Crippen molar-refractivity contribution in [3.63, 3.8) is 0 Å². The third kappa shape index (κ3) is 4.96. The quantitative estimate of drug-likeness (QED) is 0.677. The molecule has 0 aromatic heterocycles. The first-order valence-corrected chi connectivity index (χ1v) is 9.73. The van der Waals surface area contributed by atoms with Crippen LogP contribution in [-0.2, 0) is 4.79 Å². The van der Waals surface area contributed by atoms with E-state index < -0.39 is 0 Å². The highest BCUT2D eigenvalue weighted by molar-refractivity contribution is 7.98. The third-order valence-electron chi connectivity index (χ3n) is 4.75. The van der Waals surface area contributed by atoms with Crippen LogP contribution in [0.3, 0.4) is 0 Å². The van der Waals surface area contributed by atoms with E-state index in [-0.39, 0.29) is 11.9 Å². The van der Waals surface area contributed by atoms with Crippen LogP contribution < -0.4 is 10.6 Å². The first-order valence-electron chi connectivity index (χ1n) is 8.34. The van der Waals surface area contributed by atoms with E-state index in [0.29, 0.717) is 6.04 Å². The number of rotatable bonds is 8. The van der Waals surface area contributed by atoms with Crippen LogP contribution in [0.4, 0.5) is 0 Å². The number of hydrogen-bond acceptors (Lipinski definition) is 3. The molecule has 3 unspecified atom stereocenters. The average Bonchev–Trinajstić information content (AvgIpc) is 2.90. The fourth-order valence-corrected chi connectivity index (χ4v) is 4.07. The lowest BCUT2D eigenvalue weighted by Gasteiger charge is -2.24. The summed E-state index contributed by atoms with van der Waals surface area (Å²) in [5.74, 6) is 2.26. The van der Waals surface area contributed by atoms with E-state index in [1.807, 2.05) is 11.8 Å². The number of amides is 1. The molecule has 2 fully saturated rings. The van der Waals surface area contributed by atoms with Crippen LogP contribution in [0.1, 0.15) is 57.8 Å². The SMILES string of the molecule is CSCCCCCCNC(=O)C1CC2CCCCC2N1. The second-order valence-corrected chi connectivity index (χ2v) is 7.29. The standard InChI is InChI=1S/C16H30N2OS/c1-20-11-7-3-2-6-10-17-16(19)15-12-13-8-4-5-9-14(13)18-15/h13-15,18H,2-12H2,1H3,(H,17,19). The summed E-state index contributed by atoms with van der Waals surface area (Å²) < 4.78 is 0. The topological polar surface area (TPSA) is 41.1 Å². The molecule has 0 radical (unpaired) electrons. The fourth-order valence-electron chi connectivity index (χ4n) is 3.58. The molecule has 1 saturated carbocycles. The lowest BCUT2D eigenvalue weighted by Crippen LogP contribution is -2.43. The maximum Gasteiger partial charge on any atom is 0.237 e. The highest BCUT2D eigenvalue weighted by Crippen LogP contribution is 2.33. The molecule has 116 valence electrons. The summed E-state index contributed by atoms with van der Waals surface area (Å²) in [5.41, 5.74) is 0. The number of unbranched alkanes of at least 4 members (excludes halogenated alkanes) is 3. The maximum absolute atomic E-state index is 12.1. The Labute approximate surface area is 128 Å². The third-order valence-corrected chi connectivity index (χ3v) is 5.45. The molecule has 1 aliphatic heterocycles. The minimum atomic E-state index is 0.0830. The molecule has 3 atom stereocenters. The van der Waals surface area contributed by atoms with Crippen molar-refractivity contribution in [2.24, 2.45) is 5.92 Å². The highest BCUT2D eigenvalue weighted by atomic mass is 32.2. The minimum absolute atomic E-state index is 0.0830. The predicted molar refractivity (Wildman–Crippen MR) is 87.1 cm³/mol. The van der Waals surface area contributed by atoms with Gasteiger partial charge in [-0.05, 0) is 50.0 Å². The molecule has 0 aromatic rings. The molecule has 0 aromatic carbocycles. The Morgan fingerprint density at radius 2 is 2.00 bits per heavy atom. The molecule has 0 spiro atoms. The molecule has 1 saturated heterocycles. The van der Waals surface area contributed by atoms with Crippen molar-refractivity contribution in [3.05, 3.63) is 0 Å². The first-order chi connectivity index (χ1) is 9.81. The molecule has 1 amide bonds. The van der Waals surface area contributed by atoms with Gasteiger partial charge in [0.25, 0.3) is 0 Å². The number of thioether (sulfide) groups is 1. The van der Waals surface area contributed by atoms with E-state index in [1.165, 1.54) is 50.7 Å². The Hall–Kier alpha value is -0.220. The van der Waals surface area contributed by atoms with Gasteiger partial charge in [-0.1, -0.05) is 25.7 Å². The number of carbonyl (C=O) groups excluding carboxylic acids is 1. The molecule has 2 N–H and O–H groups in total. The maximum atomic E-state index is 12.1. The van der Waals surface area contributed by atoms with Crippen LogP contribution in [0.5, 0.6) is 0 Å². The average molecular weight is 298 g/mol. The predicted octanol–water partition coefficient (Wildman–Crippen LogP) is 2.95. The van der Waals surface area contributed by atoms with Crippen LogP contribution in [0.15, 0.2) is 0 Å². The zero-order valence-electron chi connectivity index (χ0n) is 12.8. The van der Waals surface area contributed by atoms with Crippen LogP contribution in [-0.4, -0.2) is 36.5 Å². The molecular formula is C16H30N2OS. The smallest absolute Gasteiger partial charge is 0.237 e. The van der Waals surface area contributed by atoms with Crippen molar-refractivity contribution in [2.45, 2.75) is 69.9 Å². The van der Waals surface area contributed by atoms with Crippen LogP contribution in [0.25, 0.3) is 0 Å². The number of hydrogen-bond donors (Lipinski definition) is 2. The normalized spacial score (nSPS) is 29.1. The van der Waals surface area contributed by atoms with Crippen molar-refractivity contribution in [1.82, 2.24) is 10.6 Å². The van der Waals surface area contributed by atoms with Gasteiger partial charge in [0.05, 0.1) is 6.04 Å². The van der Waals surface area contributed by atoms with Crippen molar-refractivity contribution >= 4 is 17.7 Å². The van der Waals surface area contributed by atoms with Crippen molar-refractivity contribution in [3.8, 4) is 0 Å². The monoisotopic (exact) mass is 298 g/mol. The summed E-state index contributed by atoms with van der Waals surface area (Å²) >= 11 is 1.92. The molecule has 2 rings (SSSR count). The van der Waals surface area contributed by atoms with Gasteiger partial charge in [0, 0.05) is 12.6 Å². The fraction of sp³-hybridized carbons (Fsp3) is 0.938. The van der Waals surface area contributed by atoms with Crippen molar-refractivity contribution in [1.29, 1.82) is 0 Å². The van der Waals surface area contributed by atoms with E-state index in [9.17, 15) is 4.79 Å². The number of fused-ring (bicyclic) bond motifs is 1. The molecule has 20 heavy (non-hydrogen) atoms. The Bertz CT molecular complexity index is 284. The summed E-state index contributed by atoms with van der Waals surface area (Å²) in [5, 5.41) is 6.67. The van der Waals surface area contributed by atoms with Crippen LogP contribution >= 0.6 is 11.8 Å². The van der Waals surface area contributed by atoms with Crippen LogP contribution in [0, 0.1) is 5.92 Å². The molecule has 4 heteroatoms. The van der Waals surface area contributed by atoms with Crippen LogP contribution in [0.2, 0.25) is 0 Å². The number of nitrogens with one attached hydrogen (secondary N) is 2. The van der Waals surface area contributed by atoms with E-state index in [0.717, 1.165) is 25.3 Å². The molecule has 1 aliphatic carbocycles.